The molecule has 1 aromatic carbocycles. The summed E-state index contributed by atoms with van der Waals surface area (Å²) in [5.41, 5.74) is 1.69. The first-order valence-corrected chi connectivity index (χ1v) is 8.21. The van der Waals surface area contributed by atoms with Crippen LogP contribution < -0.4 is 5.32 Å². The molecule has 1 aromatic rings. The Morgan fingerprint density at radius 3 is 2.86 bits per heavy atom. The lowest BCUT2D eigenvalue weighted by Gasteiger charge is -2.16. The molecule has 4 heteroatoms. The van der Waals surface area contributed by atoms with E-state index in [2.05, 4.69) is 19.2 Å². The van der Waals surface area contributed by atoms with Gasteiger partial charge in [-0.05, 0) is 42.9 Å². The number of likely N-dealkylation sites (tertiary alicyclic amines) is 1. The van der Waals surface area contributed by atoms with E-state index in [0.717, 1.165) is 31.4 Å². The first-order valence-electron chi connectivity index (χ1n) is 8.21. The summed E-state index contributed by atoms with van der Waals surface area (Å²) < 4.78 is 0. The van der Waals surface area contributed by atoms with Crippen molar-refractivity contribution in [2.24, 2.45) is 5.92 Å². The van der Waals surface area contributed by atoms with E-state index < -0.39 is 0 Å². The van der Waals surface area contributed by atoms with Crippen LogP contribution in [0.4, 0.5) is 0 Å². The fourth-order valence-electron chi connectivity index (χ4n) is 2.72. The largest absolute Gasteiger partial charge is 0.352 e. The number of nitrogens with one attached hydrogen (secondary N) is 1. The van der Waals surface area contributed by atoms with Crippen molar-refractivity contribution < 1.29 is 9.59 Å². The molecule has 0 saturated carbocycles. The first-order chi connectivity index (χ1) is 10.6. The SMILES string of the molecule is CC(C)CCCNC(=O)c1cccc(CN2CCCC2=O)c1. The molecule has 0 atom stereocenters. The van der Waals surface area contributed by atoms with Crippen LogP contribution in [-0.4, -0.2) is 29.8 Å². The maximum absolute atomic E-state index is 12.2. The molecule has 22 heavy (non-hydrogen) atoms. The zero-order valence-electron chi connectivity index (χ0n) is 13.6. The average Bonchev–Trinajstić information content (AvgIpc) is 2.89. The van der Waals surface area contributed by atoms with Crippen LogP contribution in [0, 0.1) is 5.92 Å². The summed E-state index contributed by atoms with van der Waals surface area (Å²) in [7, 11) is 0. The van der Waals surface area contributed by atoms with Crippen LogP contribution in [0.2, 0.25) is 0 Å². The third-order valence-electron chi connectivity index (χ3n) is 3.98. The van der Waals surface area contributed by atoms with Gasteiger partial charge in [-0.3, -0.25) is 9.59 Å². The van der Waals surface area contributed by atoms with Crippen molar-refractivity contribution in [2.45, 2.75) is 46.1 Å². The van der Waals surface area contributed by atoms with Crippen LogP contribution in [0.25, 0.3) is 0 Å². The maximum Gasteiger partial charge on any atom is 0.251 e. The maximum atomic E-state index is 12.2. The fourth-order valence-corrected chi connectivity index (χ4v) is 2.72. The second-order valence-corrected chi connectivity index (χ2v) is 6.41. The molecular weight excluding hydrogens is 276 g/mol. The van der Waals surface area contributed by atoms with Crippen molar-refractivity contribution in [3.63, 3.8) is 0 Å². The van der Waals surface area contributed by atoms with Crippen LogP contribution >= 0.6 is 0 Å². The molecule has 1 aliphatic rings. The minimum atomic E-state index is -0.0293. The van der Waals surface area contributed by atoms with Crippen LogP contribution in [0.5, 0.6) is 0 Å². The van der Waals surface area contributed by atoms with Gasteiger partial charge in [-0.1, -0.05) is 26.0 Å². The van der Waals surface area contributed by atoms with Gasteiger partial charge in [-0.25, -0.2) is 0 Å². The number of amides is 2. The average molecular weight is 302 g/mol. The fraction of sp³-hybridized carbons (Fsp3) is 0.556. The third-order valence-corrected chi connectivity index (χ3v) is 3.98. The summed E-state index contributed by atoms with van der Waals surface area (Å²) in [6.45, 7) is 6.51. The molecule has 0 radical (unpaired) electrons. The van der Waals surface area contributed by atoms with Gasteiger partial charge in [0.05, 0.1) is 0 Å². The molecule has 2 rings (SSSR count). The van der Waals surface area contributed by atoms with Crippen molar-refractivity contribution in [1.29, 1.82) is 0 Å². The Balaban J connectivity index is 1.87. The summed E-state index contributed by atoms with van der Waals surface area (Å²) in [4.78, 5) is 25.7. The van der Waals surface area contributed by atoms with Crippen LogP contribution in [-0.2, 0) is 11.3 Å². The summed E-state index contributed by atoms with van der Waals surface area (Å²) in [5.74, 6) is 0.847. The molecule has 0 bridgehead atoms. The van der Waals surface area contributed by atoms with Gasteiger partial charge in [0.2, 0.25) is 5.91 Å². The molecule has 1 saturated heterocycles. The van der Waals surface area contributed by atoms with E-state index in [-0.39, 0.29) is 11.8 Å². The van der Waals surface area contributed by atoms with Crippen molar-refractivity contribution in [1.82, 2.24) is 10.2 Å². The third kappa shape index (κ3) is 4.86. The molecular formula is C18H26N2O2. The van der Waals surface area contributed by atoms with Crippen LogP contribution in [0.15, 0.2) is 24.3 Å². The van der Waals surface area contributed by atoms with Crippen molar-refractivity contribution >= 4 is 11.8 Å². The highest BCUT2D eigenvalue weighted by atomic mass is 16.2. The zero-order valence-corrected chi connectivity index (χ0v) is 13.6. The predicted molar refractivity (Wildman–Crippen MR) is 87.5 cm³/mol. The van der Waals surface area contributed by atoms with E-state index in [9.17, 15) is 9.59 Å². The first kappa shape index (κ1) is 16.5. The molecule has 1 fully saturated rings. The minimum Gasteiger partial charge on any atom is -0.352 e. The quantitative estimate of drug-likeness (QED) is 0.787. The van der Waals surface area contributed by atoms with Gasteiger partial charge in [-0.15, -0.1) is 0 Å². The van der Waals surface area contributed by atoms with Crippen LogP contribution in [0.1, 0.15) is 55.5 Å². The summed E-state index contributed by atoms with van der Waals surface area (Å²) in [6.07, 6.45) is 3.72. The van der Waals surface area contributed by atoms with E-state index in [1.54, 1.807) is 0 Å². The summed E-state index contributed by atoms with van der Waals surface area (Å²) >= 11 is 0. The van der Waals surface area contributed by atoms with E-state index in [1.165, 1.54) is 0 Å². The zero-order chi connectivity index (χ0) is 15.9. The molecule has 0 aromatic heterocycles. The summed E-state index contributed by atoms with van der Waals surface area (Å²) in [5, 5.41) is 2.96. The lowest BCUT2D eigenvalue weighted by Crippen LogP contribution is -2.26. The monoisotopic (exact) mass is 302 g/mol. The van der Waals surface area contributed by atoms with Crippen molar-refractivity contribution in [3.8, 4) is 0 Å². The van der Waals surface area contributed by atoms with Gasteiger partial charge >= 0.3 is 0 Å². The van der Waals surface area contributed by atoms with E-state index in [4.69, 9.17) is 0 Å². The van der Waals surface area contributed by atoms with Gasteiger partial charge in [0.15, 0.2) is 0 Å². The molecule has 1 heterocycles. The molecule has 1 aliphatic heterocycles. The topological polar surface area (TPSA) is 49.4 Å². The Hall–Kier alpha value is -1.84. The highest BCUT2D eigenvalue weighted by Gasteiger charge is 2.20. The highest BCUT2D eigenvalue weighted by molar-refractivity contribution is 5.94. The predicted octanol–water partition coefficient (Wildman–Crippen LogP) is 2.98. The minimum absolute atomic E-state index is 0.0293. The van der Waals surface area contributed by atoms with E-state index in [1.807, 2.05) is 29.2 Å². The van der Waals surface area contributed by atoms with Gasteiger partial charge in [0.1, 0.15) is 0 Å². The number of carbonyl (C=O) groups is 2. The number of nitrogens with zero attached hydrogens (tertiary/aromatic N) is 1. The second-order valence-electron chi connectivity index (χ2n) is 6.41. The van der Waals surface area contributed by atoms with Crippen molar-refractivity contribution in [2.75, 3.05) is 13.1 Å². The second kappa shape index (κ2) is 7.97. The Morgan fingerprint density at radius 1 is 1.36 bits per heavy atom. The molecule has 120 valence electrons. The molecule has 2 amide bonds. The molecule has 0 aliphatic carbocycles. The Labute approximate surface area is 132 Å². The summed E-state index contributed by atoms with van der Waals surface area (Å²) in [6, 6.07) is 7.58. The van der Waals surface area contributed by atoms with E-state index in [0.29, 0.717) is 31.0 Å². The lowest BCUT2D eigenvalue weighted by molar-refractivity contribution is -0.128. The highest BCUT2D eigenvalue weighted by Crippen LogP contribution is 2.15. The molecule has 0 spiro atoms. The molecule has 1 N–H and O–H groups in total. The number of rotatable bonds is 7. The Bertz CT molecular complexity index is 526. The van der Waals surface area contributed by atoms with Gasteiger partial charge in [-0.2, -0.15) is 0 Å². The number of benzene rings is 1. The number of hydrogen-bond acceptors (Lipinski definition) is 2. The normalized spacial score (nSPS) is 14.7. The Morgan fingerprint density at radius 2 is 2.18 bits per heavy atom. The van der Waals surface area contributed by atoms with Gasteiger partial charge in [0, 0.05) is 31.6 Å². The lowest BCUT2D eigenvalue weighted by atomic mass is 10.1. The molecule has 4 nitrogen and oxygen atoms in total. The standard InChI is InChI=1S/C18H26N2O2/c1-14(2)6-4-10-19-18(22)16-8-3-7-15(12-16)13-20-11-5-9-17(20)21/h3,7-8,12,14H,4-6,9-11,13H2,1-2H3,(H,19,22). The van der Waals surface area contributed by atoms with Gasteiger partial charge < -0.3 is 10.2 Å². The van der Waals surface area contributed by atoms with Crippen LogP contribution in [0.3, 0.4) is 0 Å². The smallest absolute Gasteiger partial charge is 0.251 e. The number of hydrogen-bond donors (Lipinski definition) is 1. The number of carbonyl (C=O) groups excluding carboxylic acids is 2. The Kier molecular flexibility index (Phi) is 5.99. The van der Waals surface area contributed by atoms with Crippen molar-refractivity contribution in [3.05, 3.63) is 35.4 Å². The van der Waals surface area contributed by atoms with Gasteiger partial charge in [0.25, 0.3) is 5.91 Å². The van der Waals surface area contributed by atoms with E-state index >= 15 is 0 Å². The molecule has 0 unspecified atom stereocenters.